The first-order chi connectivity index (χ1) is 38.5. The van der Waals surface area contributed by atoms with Gasteiger partial charge in [0.2, 0.25) is 17.7 Å². The van der Waals surface area contributed by atoms with Crippen LogP contribution in [0.2, 0.25) is 5.02 Å². The number of hydroxylamine groups is 2. The highest BCUT2D eigenvalue weighted by molar-refractivity contribution is 8.77. The number of carbonyl (C=O) groups excluding carboxylic acids is 8. The second kappa shape index (κ2) is 29.1. The van der Waals surface area contributed by atoms with Crippen LogP contribution >= 0.6 is 33.2 Å². The molecule has 5 rings (SSSR count). The number of nitrogens with one attached hydrogen (secondary N) is 2. The third kappa shape index (κ3) is 18.2. The van der Waals surface area contributed by atoms with E-state index in [1.54, 1.807) is 49.4 Å². The van der Waals surface area contributed by atoms with Crippen molar-refractivity contribution >= 4 is 92.2 Å². The first-order valence-corrected chi connectivity index (χ1v) is 28.9. The molecule has 0 aliphatic carbocycles. The molecule has 448 valence electrons. The summed E-state index contributed by atoms with van der Waals surface area (Å²) in [4.78, 5) is 111. The molecule has 0 aromatic heterocycles. The summed E-state index contributed by atoms with van der Waals surface area (Å²) in [5, 5.41) is 41.9. The fourth-order valence-electron chi connectivity index (χ4n) is 8.80. The summed E-state index contributed by atoms with van der Waals surface area (Å²) >= 11 is 6.78. The van der Waals surface area contributed by atoms with Crippen LogP contribution in [-0.2, 0) is 59.0 Å². The van der Waals surface area contributed by atoms with Gasteiger partial charge in [-0.05, 0) is 89.8 Å². The van der Waals surface area contributed by atoms with Crippen LogP contribution in [0.25, 0.3) is 0 Å². The molecule has 3 aliphatic heterocycles. The molecule has 6 atom stereocenters. The van der Waals surface area contributed by atoms with Gasteiger partial charge in [0.25, 0.3) is 11.8 Å². The third-order valence-corrected chi connectivity index (χ3v) is 17.3. The molecular weight excluding hydrogens is 1130 g/mol. The Kier molecular flexibility index (Phi) is 23.4. The Bertz CT molecular complexity index is 2850. The van der Waals surface area contributed by atoms with Gasteiger partial charge in [-0.25, -0.2) is 19.8 Å². The van der Waals surface area contributed by atoms with Crippen molar-refractivity contribution in [2.24, 2.45) is 5.10 Å². The summed E-state index contributed by atoms with van der Waals surface area (Å²) in [6, 6.07) is 6.70. The van der Waals surface area contributed by atoms with Crippen LogP contribution in [0.3, 0.4) is 0 Å². The van der Waals surface area contributed by atoms with Crippen molar-refractivity contribution < 1.29 is 82.2 Å². The number of carbonyl (C=O) groups is 8. The van der Waals surface area contributed by atoms with Gasteiger partial charge < -0.3 is 53.6 Å². The zero-order valence-corrected chi connectivity index (χ0v) is 50.0. The number of esters is 1. The van der Waals surface area contributed by atoms with Crippen molar-refractivity contribution in [1.82, 2.24) is 20.7 Å². The van der Waals surface area contributed by atoms with E-state index < -0.39 is 94.4 Å². The fourth-order valence-corrected chi connectivity index (χ4v) is 11.6. The topological polar surface area (TPSA) is 299 Å². The highest BCUT2D eigenvalue weighted by Gasteiger charge is 2.48. The molecule has 0 spiro atoms. The number of ether oxygens (including phenoxy) is 5. The second-order valence-corrected chi connectivity index (χ2v) is 24.5. The van der Waals surface area contributed by atoms with Gasteiger partial charge in [-0.2, -0.15) is 5.10 Å². The van der Waals surface area contributed by atoms with E-state index in [1.165, 1.54) is 79.6 Å². The van der Waals surface area contributed by atoms with Gasteiger partial charge >= 0.3 is 18.0 Å². The zero-order chi connectivity index (χ0) is 60.9. The molecule has 2 aromatic rings. The van der Waals surface area contributed by atoms with Crippen molar-refractivity contribution in [3.8, 4) is 17.2 Å². The SMILES string of the molecule is C=C1CC(C)(O)[C@@H](OC(=O)[C@H](C)N(C)C(=O)CCSSC(C)(C)CC(=O)N/N=C(\C)c2ccc(OCCCC(=O)ON3C(=O)CCC3=O)cc2O)CC(=O)N(C)c2cc(cc(OC)c2Cl)C/C(C)=C/C=C/[C@@H](OC)C2(O)C[C@@H]1OC(=O)N2. The van der Waals surface area contributed by atoms with E-state index >= 15 is 0 Å². The Hall–Kier alpha value is -6.64. The molecule has 2 saturated heterocycles. The smallest absolute Gasteiger partial charge is 0.410 e. The number of methoxy groups -OCH3 is 2. The highest BCUT2D eigenvalue weighted by Crippen LogP contribution is 2.40. The average molecular weight is 1200 g/mol. The lowest BCUT2D eigenvalue weighted by Crippen LogP contribution is -2.62. The maximum absolute atomic E-state index is 14.3. The Labute approximate surface area is 489 Å². The second-order valence-electron chi connectivity index (χ2n) is 21.0. The Morgan fingerprint density at radius 2 is 1.77 bits per heavy atom. The minimum Gasteiger partial charge on any atom is -0.507 e. The number of phenols is 1. The largest absolute Gasteiger partial charge is 0.507 e. The van der Waals surface area contributed by atoms with Crippen LogP contribution in [0.5, 0.6) is 17.2 Å². The van der Waals surface area contributed by atoms with Gasteiger partial charge in [-0.15, -0.1) is 5.06 Å². The number of nitrogens with zero attached hydrogens (tertiary/aromatic N) is 4. The maximum atomic E-state index is 14.3. The van der Waals surface area contributed by atoms with E-state index in [0.717, 1.165) is 11.1 Å². The number of benzene rings is 2. The van der Waals surface area contributed by atoms with E-state index in [9.17, 15) is 53.7 Å². The minimum absolute atomic E-state index is 0.00876. The number of hydrogen-bond donors (Lipinski definition) is 5. The predicted molar refractivity (Wildman–Crippen MR) is 307 cm³/mol. The van der Waals surface area contributed by atoms with Crippen LogP contribution in [0.15, 0.2) is 71.4 Å². The first kappa shape index (κ1) is 66.2. The highest BCUT2D eigenvalue weighted by atomic mass is 35.5. The molecule has 2 fully saturated rings. The van der Waals surface area contributed by atoms with Crippen LogP contribution in [0, 0.1) is 0 Å². The molecule has 82 heavy (non-hydrogen) atoms. The Morgan fingerprint density at radius 3 is 2.43 bits per heavy atom. The molecule has 0 radical (unpaired) electrons. The van der Waals surface area contributed by atoms with E-state index in [-0.39, 0.29) is 91.5 Å². The summed E-state index contributed by atoms with van der Waals surface area (Å²) in [6.07, 6.45) is -0.538. The number of amides is 6. The van der Waals surface area contributed by atoms with Crippen molar-refractivity contribution in [1.29, 1.82) is 0 Å². The lowest BCUT2D eigenvalue weighted by atomic mass is 9.84. The minimum atomic E-state index is -2.07. The average Bonchev–Trinajstić information content (AvgIpc) is 3.72. The number of rotatable bonds is 20. The number of aliphatic hydroxyl groups is 2. The zero-order valence-electron chi connectivity index (χ0n) is 47.7. The number of alkyl carbamates (subject to hydrolysis) is 1. The summed E-state index contributed by atoms with van der Waals surface area (Å²) in [5.41, 5.74) is 1.04. The van der Waals surface area contributed by atoms with Gasteiger partial charge in [-0.1, -0.05) is 63.6 Å². The molecule has 5 N–H and O–H groups in total. The van der Waals surface area contributed by atoms with Crippen LogP contribution < -0.4 is 25.1 Å². The fraction of sp³-hybridized carbons (Fsp3) is 0.518. The van der Waals surface area contributed by atoms with E-state index in [2.05, 4.69) is 22.4 Å². The van der Waals surface area contributed by atoms with Gasteiger partial charge in [0.15, 0.2) is 5.72 Å². The van der Waals surface area contributed by atoms with Gasteiger partial charge in [0.05, 0.1) is 38.0 Å². The number of imide groups is 1. The quantitative estimate of drug-likeness (QED) is 0.0183. The van der Waals surface area contributed by atoms with Crippen molar-refractivity contribution in [3.63, 3.8) is 0 Å². The van der Waals surface area contributed by atoms with E-state index in [1.807, 2.05) is 20.8 Å². The number of hydrazone groups is 1. The van der Waals surface area contributed by atoms with Crippen molar-refractivity contribution in [3.05, 3.63) is 82.4 Å². The Morgan fingerprint density at radius 1 is 1.07 bits per heavy atom. The number of phenolic OH excluding ortho intramolecular Hbond substituents is 1. The number of allylic oxidation sites excluding steroid dienone is 3. The van der Waals surface area contributed by atoms with Crippen molar-refractivity contribution in [2.75, 3.05) is 45.6 Å². The van der Waals surface area contributed by atoms with Crippen LogP contribution in [0.1, 0.15) is 110 Å². The van der Waals surface area contributed by atoms with Gasteiger partial charge in [0, 0.05) is 81.9 Å². The molecule has 2 aromatic carbocycles. The maximum Gasteiger partial charge on any atom is 0.410 e. The summed E-state index contributed by atoms with van der Waals surface area (Å²) < 4.78 is 27.7. The monoisotopic (exact) mass is 1200 g/mol. The molecule has 3 heterocycles. The number of aromatic hydroxyl groups is 1. The lowest BCUT2D eigenvalue weighted by molar-refractivity contribution is -0.197. The van der Waals surface area contributed by atoms with E-state index in [4.69, 9.17) is 40.1 Å². The van der Waals surface area contributed by atoms with Crippen molar-refractivity contribution in [2.45, 2.75) is 146 Å². The summed E-state index contributed by atoms with van der Waals surface area (Å²) in [5.74, 6) is -3.63. The number of hydrogen-bond acceptors (Lipinski definition) is 20. The predicted octanol–water partition coefficient (Wildman–Crippen LogP) is 6.37. The first-order valence-electron chi connectivity index (χ1n) is 26.2. The van der Waals surface area contributed by atoms with Crippen LogP contribution in [0.4, 0.5) is 10.5 Å². The number of anilines is 1. The van der Waals surface area contributed by atoms with Gasteiger partial charge in [-0.3, -0.25) is 29.3 Å². The normalized spacial score (nSPS) is 23.4. The summed E-state index contributed by atoms with van der Waals surface area (Å²) in [6.45, 7) is 14.1. The van der Waals surface area contributed by atoms with E-state index in [0.29, 0.717) is 28.5 Å². The summed E-state index contributed by atoms with van der Waals surface area (Å²) in [7, 11) is 8.40. The molecule has 23 nitrogen and oxygen atoms in total. The molecule has 2 unspecified atom stereocenters. The van der Waals surface area contributed by atoms with Crippen LogP contribution in [-0.4, -0.2) is 160 Å². The standard InChI is InChI=1S/C56H73ClN6O17S2/c1-32-14-12-15-43(76-11)56(74)30-42(78-53(72)58-56)33(2)29-55(7,73)44(28-49(69)62(9)39-25-36(24-32)26-41(75-10)51(39)57)79-52(71)35(4)61(8)46(66)21-23-81-82-54(5,6)31-45(65)60-59-34(3)38-18-17-37(27-40(38)64)77-22-13-16-50(70)80-63-47(67)19-20-48(63)68/h12,14-15,17-18,25-27,35,42-44,64,73-74H,2,13,16,19-24,28-31H2,1,3-11H3,(H,58,72)(H,60,65)/b15-12+,32-14+,59-34+/t35-,42-,43+,44-,55?,56?/m0/s1. The molecule has 4 bridgehead atoms. The number of fused-ring (bicyclic) bond motifs is 4. The Balaban J connectivity index is 1.17. The molecular formula is C56H73ClN6O17S2. The molecule has 3 aliphatic rings. The number of likely N-dealkylation sites (N-methyl/N-ethyl adjacent to an activating group) is 1. The molecule has 6 amide bonds. The lowest BCUT2D eigenvalue weighted by Gasteiger charge is -2.42. The molecule has 0 saturated carbocycles. The number of halogens is 1. The molecule has 26 heteroatoms. The third-order valence-electron chi connectivity index (χ3n) is 13.6. The van der Waals surface area contributed by atoms with Gasteiger partial charge in [0.1, 0.15) is 52.2 Å².